The predicted molar refractivity (Wildman–Crippen MR) is 85.3 cm³/mol. The summed E-state index contributed by atoms with van der Waals surface area (Å²) in [5.74, 6) is -0.322. The minimum atomic E-state index is -3.78. The van der Waals surface area contributed by atoms with Gasteiger partial charge in [-0.2, -0.15) is 0 Å². The largest absolute Gasteiger partial charge is 0.468 e. The molecule has 0 heterocycles. The lowest BCUT2D eigenvalue weighted by Gasteiger charge is -2.25. The number of halogens is 1. The third kappa shape index (κ3) is 5.29. The van der Waals surface area contributed by atoms with Gasteiger partial charge in [0.25, 0.3) is 0 Å². The first-order valence-electron chi connectivity index (χ1n) is 6.69. The number of hydrogen-bond acceptors (Lipinski definition) is 5. The molecule has 1 aromatic carbocycles. The molecule has 0 saturated carbocycles. The summed E-state index contributed by atoms with van der Waals surface area (Å²) >= 11 is 5.86. The van der Waals surface area contributed by atoms with E-state index in [0.29, 0.717) is 5.75 Å². The maximum Gasteiger partial charge on any atom is 0.410 e. The van der Waals surface area contributed by atoms with Gasteiger partial charge in [0.15, 0.2) is 0 Å². The minimum absolute atomic E-state index is 0.00626. The van der Waals surface area contributed by atoms with Crippen LogP contribution < -0.4 is 9.61 Å². The Bertz CT molecular complexity index is 561. The predicted octanol–water partition coefficient (Wildman–Crippen LogP) is 3.05. The molecule has 8 heteroatoms. The van der Waals surface area contributed by atoms with Crippen molar-refractivity contribution in [2.45, 2.75) is 32.2 Å². The van der Waals surface area contributed by atoms with Gasteiger partial charge in [0.05, 0.1) is 7.11 Å². The Morgan fingerprint density at radius 3 is 2.41 bits per heavy atom. The topological polar surface area (TPSA) is 84.9 Å². The summed E-state index contributed by atoms with van der Waals surface area (Å²) in [5, 5.41) is 11.6. The zero-order valence-corrected chi connectivity index (χ0v) is 14.6. The van der Waals surface area contributed by atoms with Crippen LogP contribution >= 0.6 is 18.1 Å². The molecule has 22 heavy (non-hydrogen) atoms. The number of rotatable bonds is 7. The van der Waals surface area contributed by atoms with Crippen molar-refractivity contribution >= 4 is 24.1 Å². The smallest absolute Gasteiger partial charge is 0.410 e. The molecule has 0 aromatic heterocycles. The second-order valence-electron chi connectivity index (χ2n) is 5.45. The number of methoxy groups -OCH3 is 1. The molecule has 2 N–H and O–H groups in total. The number of ether oxygens (including phenoxy) is 1. The molecule has 124 valence electrons. The van der Waals surface area contributed by atoms with E-state index in [1.807, 2.05) is 6.92 Å². The monoisotopic (exact) mass is 349 g/mol. The zero-order valence-electron chi connectivity index (χ0n) is 13.0. The summed E-state index contributed by atoms with van der Waals surface area (Å²) in [5.41, 5.74) is -0.334. The quantitative estimate of drug-likeness (QED) is 0.581. The van der Waals surface area contributed by atoms with E-state index in [1.165, 1.54) is 21.0 Å². The van der Waals surface area contributed by atoms with E-state index in [4.69, 9.17) is 20.9 Å². The van der Waals surface area contributed by atoms with Crippen molar-refractivity contribution in [1.29, 1.82) is 0 Å². The highest BCUT2D eigenvalue weighted by Gasteiger charge is 2.37. The molecule has 1 rings (SSSR count). The zero-order chi connectivity index (χ0) is 17.0. The van der Waals surface area contributed by atoms with E-state index in [9.17, 15) is 9.36 Å². The van der Waals surface area contributed by atoms with Gasteiger partial charge in [-0.25, -0.2) is 9.65 Å². The average Bonchev–Trinajstić information content (AvgIpc) is 2.44. The summed E-state index contributed by atoms with van der Waals surface area (Å²) in [4.78, 5) is 11.6. The number of nitrogens with one attached hydrogen (secondary N) is 1. The maximum absolute atomic E-state index is 12.3. The van der Waals surface area contributed by atoms with Crippen LogP contribution in [0.4, 0.5) is 0 Å². The molecule has 6 nitrogen and oxygen atoms in total. The fraction of sp³-hybridized carbons (Fsp3) is 0.500. The first kappa shape index (κ1) is 19.0. The Morgan fingerprint density at radius 1 is 1.41 bits per heavy atom. The van der Waals surface area contributed by atoms with Crippen LogP contribution in [-0.2, 0) is 14.1 Å². The number of aliphatic hydroxyl groups is 1. The Labute approximate surface area is 135 Å². The normalized spacial score (nSPS) is 15.7. The Balaban J connectivity index is 2.80. The molecular weight excluding hydrogens is 329 g/mol. The first-order valence-corrected chi connectivity index (χ1v) is 9.22. The lowest BCUT2D eigenvalue weighted by atomic mass is 10.0. The highest BCUT2D eigenvalue weighted by Crippen LogP contribution is 2.50. The summed E-state index contributed by atoms with van der Waals surface area (Å²) in [7, 11) is 1.23. The number of esters is 1. The number of hydrogen-bond donors (Lipinski definition) is 2. The van der Waals surface area contributed by atoms with Crippen molar-refractivity contribution in [3.8, 4) is 5.75 Å². The third-order valence-corrected chi connectivity index (χ3v) is 4.79. The van der Waals surface area contributed by atoms with Gasteiger partial charge >= 0.3 is 12.8 Å². The van der Waals surface area contributed by atoms with Gasteiger partial charge in [0.1, 0.15) is 11.3 Å². The molecule has 0 aliphatic rings. The standard InChI is InChI=1S/C14H21ClNO5P/c1-10(9-17)11-5-7-12(8-6-11)21-22(15,19)16-14(2,3)13(18)20-4/h5-8,10,17H,9H2,1-4H3,(H,16,19). The molecule has 1 aromatic rings. The van der Waals surface area contributed by atoms with E-state index in [-0.39, 0.29) is 12.5 Å². The molecule has 0 amide bonds. The molecule has 0 saturated heterocycles. The van der Waals surface area contributed by atoms with E-state index >= 15 is 0 Å². The fourth-order valence-electron chi connectivity index (χ4n) is 1.76. The molecule has 0 spiro atoms. The molecular formula is C14H21ClNO5P. The van der Waals surface area contributed by atoms with Crippen molar-refractivity contribution in [3.05, 3.63) is 29.8 Å². The molecule has 2 atom stereocenters. The van der Waals surface area contributed by atoms with Crippen LogP contribution in [0.1, 0.15) is 32.3 Å². The van der Waals surface area contributed by atoms with E-state index < -0.39 is 18.4 Å². The number of carbonyl (C=O) groups is 1. The van der Waals surface area contributed by atoms with Crippen LogP contribution in [0.3, 0.4) is 0 Å². The summed E-state index contributed by atoms with van der Waals surface area (Å²) in [6, 6.07) is 6.70. The molecule has 0 aliphatic heterocycles. The van der Waals surface area contributed by atoms with Gasteiger partial charge in [0.2, 0.25) is 0 Å². The van der Waals surface area contributed by atoms with Gasteiger partial charge in [-0.1, -0.05) is 19.1 Å². The van der Waals surface area contributed by atoms with Crippen LogP contribution in [0.15, 0.2) is 24.3 Å². The Morgan fingerprint density at radius 2 is 1.95 bits per heavy atom. The van der Waals surface area contributed by atoms with Gasteiger partial charge in [-0.05, 0) is 31.5 Å². The van der Waals surface area contributed by atoms with Crippen LogP contribution in [0.25, 0.3) is 0 Å². The second-order valence-corrected chi connectivity index (χ2v) is 8.15. The van der Waals surface area contributed by atoms with Crippen molar-refractivity contribution in [3.63, 3.8) is 0 Å². The SMILES string of the molecule is COC(=O)C(C)(C)NP(=O)(Cl)Oc1ccc(C(C)CO)cc1. The van der Waals surface area contributed by atoms with Gasteiger partial charge in [-0.3, -0.25) is 4.79 Å². The number of benzene rings is 1. The van der Waals surface area contributed by atoms with Crippen molar-refractivity contribution in [1.82, 2.24) is 5.09 Å². The number of aliphatic hydroxyl groups excluding tert-OH is 1. The Kier molecular flexibility index (Phi) is 6.44. The summed E-state index contributed by atoms with van der Waals surface area (Å²) < 4.78 is 22.1. The molecule has 0 radical (unpaired) electrons. The fourth-order valence-corrected chi connectivity index (χ4v) is 3.83. The van der Waals surface area contributed by atoms with Crippen LogP contribution in [-0.4, -0.2) is 30.3 Å². The third-order valence-electron chi connectivity index (χ3n) is 3.05. The maximum atomic E-state index is 12.3. The second kappa shape index (κ2) is 7.47. The highest BCUT2D eigenvalue weighted by molar-refractivity contribution is 7.84. The Hall–Kier alpha value is -1.07. The molecule has 0 bridgehead atoms. The van der Waals surface area contributed by atoms with Crippen LogP contribution in [0.2, 0.25) is 0 Å². The van der Waals surface area contributed by atoms with Gasteiger partial charge in [0, 0.05) is 23.8 Å². The van der Waals surface area contributed by atoms with E-state index in [1.54, 1.807) is 24.3 Å². The molecule has 0 fully saturated rings. The summed E-state index contributed by atoms with van der Waals surface area (Å²) in [6.07, 6.45) is 0. The summed E-state index contributed by atoms with van der Waals surface area (Å²) in [6.45, 7) is 1.11. The lowest BCUT2D eigenvalue weighted by Crippen LogP contribution is -2.45. The van der Waals surface area contributed by atoms with Crippen molar-refractivity contribution < 1.29 is 23.7 Å². The van der Waals surface area contributed by atoms with Gasteiger partial charge < -0.3 is 14.4 Å². The average molecular weight is 350 g/mol. The van der Waals surface area contributed by atoms with Crippen molar-refractivity contribution in [2.75, 3.05) is 13.7 Å². The van der Waals surface area contributed by atoms with Crippen LogP contribution in [0, 0.1) is 0 Å². The molecule has 2 unspecified atom stereocenters. The number of carbonyl (C=O) groups excluding carboxylic acids is 1. The minimum Gasteiger partial charge on any atom is -0.468 e. The van der Waals surface area contributed by atoms with Crippen LogP contribution in [0.5, 0.6) is 5.75 Å². The van der Waals surface area contributed by atoms with E-state index in [0.717, 1.165) is 5.56 Å². The van der Waals surface area contributed by atoms with Crippen molar-refractivity contribution in [2.24, 2.45) is 0 Å². The lowest BCUT2D eigenvalue weighted by molar-refractivity contribution is -0.146. The first-order chi connectivity index (χ1) is 10.1. The molecule has 0 aliphatic carbocycles. The van der Waals surface area contributed by atoms with Gasteiger partial charge in [-0.15, -0.1) is 0 Å². The van der Waals surface area contributed by atoms with E-state index in [2.05, 4.69) is 9.82 Å². The highest BCUT2D eigenvalue weighted by atomic mass is 35.7.